The van der Waals surface area contributed by atoms with Crippen molar-refractivity contribution in [3.8, 4) is 11.5 Å². The molecule has 0 N–H and O–H groups in total. The average Bonchev–Trinajstić information content (AvgIpc) is 2.80. The molecule has 0 aliphatic carbocycles. The predicted octanol–water partition coefficient (Wildman–Crippen LogP) is 4.87. The fourth-order valence-electron chi connectivity index (χ4n) is 3.41. The summed E-state index contributed by atoms with van der Waals surface area (Å²) in [6.07, 6.45) is 5.22. The van der Waals surface area contributed by atoms with Gasteiger partial charge in [0.1, 0.15) is 24.7 Å². The standard InChI is InChI=1S/C25H18N2O3/c28-25-19(12-17-4-3-11-26-14-17)15-30-24-10-9-21(13-22(24)25)29-16-20-8-7-18-5-1-2-6-23(18)27-20/h1-14H,15-16H2/b19-12+. The van der Waals surface area contributed by atoms with Crippen molar-refractivity contribution in [2.75, 3.05) is 6.61 Å². The number of hydrogen-bond donors (Lipinski definition) is 0. The van der Waals surface area contributed by atoms with Crippen LogP contribution in [0.2, 0.25) is 0 Å². The van der Waals surface area contributed by atoms with Gasteiger partial charge >= 0.3 is 0 Å². The molecule has 0 spiro atoms. The predicted molar refractivity (Wildman–Crippen MR) is 115 cm³/mol. The van der Waals surface area contributed by atoms with Crippen LogP contribution in [-0.2, 0) is 6.61 Å². The first-order chi connectivity index (χ1) is 14.8. The van der Waals surface area contributed by atoms with Crippen molar-refractivity contribution >= 4 is 22.8 Å². The number of benzene rings is 2. The van der Waals surface area contributed by atoms with Crippen LogP contribution in [0.3, 0.4) is 0 Å². The third kappa shape index (κ3) is 3.65. The molecule has 4 aromatic rings. The molecule has 146 valence electrons. The van der Waals surface area contributed by atoms with Crippen molar-refractivity contribution in [1.29, 1.82) is 0 Å². The molecule has 5 rings (SSSR count). The summed E-state index contributed by atoms with van der Waals surface area (Å²) in [7, 11) is 0. The molecule has 0 saturated carbocycles. The fraction of sp³-hybridized carbons (Fsp3) is 0.0800. The molecule has 2 aromatic carbocycles. The smallest absolute Gasteiger partial charge is 0.196 e. The topological polar surface area (TPSA) is 61.3 Å². The molecular weight excluding hydrogens is 376 g/mol. The second-order valence-electron chi connectivity index (χ2n) is 7.02. The van der Waals surface area contributed by atoms with Crippen molar-refractivity contribution in [3.05, 3.63) is 102 Å². The maximum atomic E-state index is 13.0. The van der Waals surface area contributed by atoms with Gasteiger partial charge in [0.2, 0.25) is 0 Å². The van der Waals surface area contributed by atoms with Crippen LogP contribution in [0.4, 0.5) is 0 Å². The van der Waals surface area contributed by atoms with Crippen molar-refractivity contribution in [2.24, 2.45) is 0 Å². The summed E-state index contributed by atoms with van der Waals surface area (Å²) >= 11 is 0. The van der Waals surface area contributed by atoms with Gasteiger partial charge in [-0.25, -0.2) is 4.98 Å². The third-order valence-corrected chi connectivity index (χ3v) is 4.94. The number of hydrogen-bond acceptors (Lipinski definition) is 5. The molecule has 5 nitrogen and oxygen atoms in total. The minimum atomic E-state index is -0.0608. The highest BCUT2D eigenvalue weighted by Gasteiger charge is 2.24. The second kappa shape index (κ2) is 7.79. The lowest BCUT2D eigenvalue weighted by Crippen LogP contribution is -2.19. The molecule has 1 aliphatic rings. The molecule has 0 radical (unpaired) electrons. The molecule has 1 aliphatic heterocycles. The molecule has 30 heavy (non-hydrogen) atoms. The number of Topliss-reactive ketones (excluding diaryl/α,β-unsaturated/α-hetero) is 1. The van der Waals surface area contributed by atoms with E-state index in [2.05, 4.69) is 9.97 Å². The van der Waals surface area contributed by atoms with Gasteiger partial charge in [0.25, 0.3) is 0 Å². The summed E-state index contributed by atoms with van der Waals surface area (Å²) in [6.45, 7) is 0.555. The normalized spacial score (nSPS) is 14.4. The van der Waals surface area contributed by atoms with Gasteiger partial charge in [-0.15, -0.1) is 0 Å². The quantitative estimate of drug-likeness (QED) is 0.462. The summed E-state index contributed by atoms with van der Waals surface area (Å²) in [5.74, 6) is 1.11. The van der Waals surface area contributed by atoms with Crippen LogP contribution in [0, 0.1) is 0 Å². The van der Waals surface area contributed by atoms with Gasteiger partial charge in [-0.3, -0.25) is 9.78 Å². The molecule has 0 atom stereocenters. The summed E-state index contributed by atoms with van der Waals surface area (Å²) in [5.41, 5.74) is 3.70. The van der Waals surface area contributed by atoms with E-state index in [9.17, 15) is 4.79 Å². The number of ether oxygens (including phenoxy) is 2. The molecule has 0 saturated heterocycles. The summed E-state index contributed by atoms with van der Waals surface area (Å²) < 4.78 is 11.7. The maximum Gasteiger partial charge on any atom is 0.196 e. The maximum absolute atomic E-state index is 13.0. The van der Waals surface area contributed by atoms with Gasteiger partial charge in [-0.1, -0.05) is 30.3 Å². The van der Waals surface area contributed by atoms with Crippen LogP contribution in [0.15, 0.2) is 84.7 Å². The summed E-state index contributed by atoms with van der Waals surface area (Å²) in [5, 5.41) is 1.09. The minimum absolute atomic E-state index is 0.0608. The third-order valence-electron chi connectivity index (χ3n) is 4.94. The van der Waals surface area contributed by atoms with E-state index in [-0.39, 0.29) is 12.4 Å². The number of carbonyl (C=O) groups excluding carboxylic acids is 1. The molecular formula is C25H18N2O3. The zero-order valence-corrected chi connectivity index (χ0v) is 16.1. The van der Waals surface area contributed by atoms with Crippen LogP contribution in [-0.4, -0.2) is 22.4 Å². The Hall–Kier alpha value is -3.99. The second-order valence-corrected chi connectivity index (χ2v) is 7.02. The number of pyridine rings is 2. The summed E-state index contributed by atoms with van der Waals surface area (Å²) in [6, 6.07) is 21.0. The lowest BCUT2D eigenvalue weighted by atomic mass is 9.98. The molecule has 3 heterocycles. The number of rotatable bonds is 4. The van der Waals surface area contributed by atoms with E-state index >= 15 is 0 Å². The molecule has 2 aromatic heterocycles. The lowest BCUT2D eigenvalue weighted by molar-refractivity contribution is 0.1000. The van der Waals surface area contributed by atoms with Crippen LogP contribution < -0.4 is 9.47 Å². The van der Waals surface area contributed by atoms with E-state index in [0.29, 0.717) is 29.2 Å². The van der Waals surface area contributed by atoms with Gasteiger partial charge < -0.3 is 9.47 Å². The number of carbonyl (C=O) groups is 1. The Balaban J connectivity index is 1.36. The highest BCUT2D eigenvalue weighted by molar-refractivity contribution is 6.14. The van der Waals surface area contributed by atoms with Gasteiger partial charge in [0.05, 0.1) is 16.8 Å². The van der Waals surface area contributed by atoms with Crippen molar-refractivity contribution in [2.45, 2.75) is 6.61 Å². The van der Waals surface area contributed by atoms with Crippen LogP contribution in [0.1, 0.15) is 21.6 Å². The number of aromatic nitrogens is 2. The molecule has 0 unspecified atom stereocenters. The Labute approximate surface area is 173 Å². The first kappa shape index (κ1) is 18.1. The molecule has 0 bridgehead atoms. The van der Waals surface area contributed by atoms with Gasteiger partial charge in [-0.05, 0) is 48.0 Å². The molecule has 5 heteroatoms. The van der Waals surface area contributed by atoms with Gasteiger partial charge in [0.15, 0.2) is 5.78 Å². The monoisotopic (exact) mass is 394 g/mol. The minimum Gasteiger partial charge on any atom is -0.488 e. The first-order valence-electron chi connectivity index (χ1n) is 9.66. The molecule has 0 amide bonds. The number of fused-ring (bicyclic) bond motifs is 2. The Kier molecular flexibility index (Phi) is 4.69. The number of para-hydroxylation sites is 1. The van der Waals surface area contributed by atoms with E-state index in [4.69, 9.17) is 9.47 Å². The van der Waals surface area contributed by atoms with Gasteiger partial charge in [-0.2, -0.15) is 0 Å². The number of ketones is 1. The van der Waals surface area contributed by atoms with Crippen LogP contribution in [0.5, 0.6) is 11.5 Å². The first-order valence-corrected chi connectivity index (χ1v) is 9.66. The van der Waals surface area contributed by atoms with Crippen LogP contribution in [0.25, 0.3) is 17.0 Å². The number of nitrogens with zero attached hydrogens (tertiary/aromatic N) is 2. The Morgan fingerprint density at radius 2 is 1.97 bits per heavy atom. The van der Waals surface area contributed by atoms with E-state index < -0.39 is 0 Å². The highest BCUT2D eigenvalue weighted by atomic mass is 16.5. The zero-order chi connectivity index (χ0) is 20.3. The molecule has 0 fully saturated rings. The highest BCUT2D eigenvalue weighted by Crippen LogP contribution is 2.31. The van der Waals surface area contributed by atoms with Crippen molar-refractivity contribution in [3.63, 3.8) is 0 Å². The SMILES string of the molecule is O=C1/C(=C/c2cccnc2)COc2ccc(OCc3ccc4ccccc4n3)cc21. The van der Waals surface area contributed by atoms with Crippen LogP contribution >= 0.6 is 0 Å². The van der Waals surface area contributed by atoms with Crippen molar-refractivity contribution in [1.82, 2.24) is 9.97 Å². The largest absolute Gasteiger partial charge is 0.488 e. The fourth-order valence-corrected chi connectivity index (χ4v) is 3.41. The Bertz CT molecular complexity index is 1270. The van der Waals surface area contributed by atoms with E-state index in [1.165, 1.54) is 0 Å². The van der Waals surface area contributed by atoms with Gasteiger partial charge in [0, 0.05) is 23.4 Å². The average molecular weight is 394 g/mol. The Morgan fingerprint density at radius 1 is 1.03 bits per heavy atom. The van der Waals surface area contributed by atoms with E-state index in [1.807, 2.05) is 60.7 Å². The Morgan fingerprint density at radius 3 is 2.87 bits per heavy atom. The zero-order valence-electron chi connectivity index (χ0n) is 16.1. The van der Waals surface area contributed by atoms with E-state index in [0.717, 1.165) is 22.2 Å². The summed E-state index contributed by atoms with van der Waals surface area (Å²) in [4.78, 5) is 21.7. The van der Waals surface area contributed by atoms with Crippen molar-refractivity contribution < 1.29 is 14.3 Å². The lowest BCUT2D eigenvalue weighted by Gasteiger charge is -2.19. The van der Waals surface area contributed by atoms with E-state index in [1.54, 1.807) is 24.5 Å².